The van der Waals surface area contributed by atoms with Gasteiger partial charge in [-0.3, -0.25) is 5.21 Å². The maximum Gasteiger partial charge on any atom is 0.345 e. The van der Waals surface area contributed by atoms with Crippen LogP contribution in [-0.2, 0) is 0 Å². The third-order valence-electron chi connectivity index (χ3n) is 7.34. The van der Waals surface area contributed by atoms with Crippen LogP contribution in [0.25, 0.3) is 0 Å². The van der Waals surface area contributed by atoms with Crippen molar-refractivity contribution in [1.82, 2.24) is 5.06 Å². The number of nitrogens with one attached hydrogen (secondary N) is 1. The molecule has 45 heavy (non-hydrogen) atoms. The number of rotatable bonds is 15. The Hall–Kier alpha value is -2.93. The summed E-state index contributed by atoms with van der Waals surface area (Å²) in [5.41, 5.74) is 2.54. The summed E-state index contributed by atoms with van der Waals surface area (Å²) in [5, 5.41) is 14.3. The second-order valence-corrected chi connectivity index (χ2v) is 13.8. The smallest absolute Gasteiger partial charge is 0.345 e. The van der Waals surface area contributed by atoms with E-state index < -0.39 is 6.03 Å². The van der Waals surface area contributed by atoms with E-state index in [0.29, 0.717) is 58.3 Å². The summed E-state index contributed by atoms with van der Waals surface area (Å²) >= 11 is 7.01. The third-order valence-corrected chi connectivity index (χ3v) is 10.5. The molecule has 9 nitrogen and oxygen atoms in total. The summed E-state index contributed by atoms with van der Waals surface area (Å²) < 4.78 is 29.7. The molecular formula is C33H41BrN2O7S2. The van der Waals surface area contributed by atoms with Crippen LogP contribution in [0, 0.1) is 0 Å². The van der Waals surface area contributed by atoms with Gasteiger partial charge in [0.25, 0.3) is 0 Å². The van der Waals surface area contributed by atoms with Crippen molar-refractivity contribution in [3.8, 4) is 28.7 Å². The van der Waals surface area contributed by atoms with Crippen LogP contribution in [0.3, 0.4) is 0 Å². The predicted molar refractivity (Wildman–Crippen MR) is 184 cm³/mol. The number of thioether (sulfide) groups is 2. The van der Waals surface area contributed by atoms with Gasteiger partial charge in [-0.25, -0.2) is 9.86 Å². The Morgan fingerprint density at radius 3 is 2.16 bits per heavy atom. The first-order chi connectivity index (χ1) is 21.8. The highest BCUT2D eigenvalue weighted by molar-refractivity contribution is 9.10. The highest BCUT2D eigenvalue weighted by Gasteiger charge is 2.31. The van der Waals surface area contributed by atoms with Gasteiger partial charge in [0.05, 0.1) is 47.3 Å². The molecule has 2 amide bonds. The van der Waals surface area contributed by atoms with Crippen molar-refractivity contribution >= 4 is 51.2 Å². The molecule has 1 fully saturated rings. The molecule has 244 valence electrons. The highest BCUT2D eigenvalue weighted by atomic mass is 79.9. The highest BCUT2D eigenvalue weighted by Crippen LogP contribution is 2.56. The zero-order chi connectivity index (χ0) is 32.3. The van der Waals surface area contributed by atoms with E-state index in [1.54, 1.807) is 40.2 Å². The van der Waals surface area contributed by atoms with E-state index in [0.717, 1.165) is 39.8 Å². The van der Waals surface area contributed by atoms with E-state index in [1.165, 1.54) is 0 Å². The summed E-state index contributed by atoms with van der Waals surface area (Å²) in [5.74, 6) is 3.45. The van der Waals surface area contributed by atoms with E-state index in [2.05, 4.69) is 27.3 Å². The summed E-state index contributed by atoms with van der Waals surface area (Å²) in [4.78, 5) is 14.1. The van der Waals surface area contributed by atoms with Gasteiger partial charge < -0.3 is 29.0 Å². The monoisotopic (exact) mass is 720 g/mol. The van der Waals surface area contributed by atoms with Gasteiger partial charge in [0.1, 0.15) is 0 Å². The fourth-order valence-electron chi connectivity index (χ4n) is 5.07. The number of amides is 2. The van der Waals surface area contributed by atoms with Crippen LogP contribution < -0.4 is 29.0 Å². The molecule has 4 rings (SSSR count). The zero-order valence-electron chi connectivity index (χ0n) is 26.3. The lowest BCUT2D eigenvalue weighted by atomic mass is 10.0. The first kappa shape index (κ1) is 34.9. The van der Waals surface area contributed by atoms with Crippen LogP contribution in [0.5, 0.6) is 28.7 Å². The van der Waals surface area contributed by atoms with E-state index in [-0.39, 0.29) is 17.0 Å². The number of hydrogen-bond acceptors (Lipinski definition) is 9. The van der Waals surface area contributed by atoms with E-state index in [4.69, 9.17) is 23.7 Å². The molecule has 1 heterocycles. The molecule has 0 spiro atoms. The van der Waals surface area contributed by atoms with Crippen molar-refractivity contribution in [1.29, 1.82) is 0 Å². The molecule has 3 aromatic carbocycles. The van der Waals surface area contributed by atoms with Gasteiger partial charge in [0, 0.05) is 25.6 Å². The number of halogens is 1. The molecule has 2 atom stereocenters. The second-order valence-electron chi connectivity index (χ2n) is 10.3. The number of benzene rings is 3. The molecule has 0 radical (unpaired) electrons. The summed E-state index contributed by atoms with van der Waals surface area (Å²) in [7, 11) is 6.42. The van der Waals surface area contributed by atoms with Crippen molar-refractivity contribution in [3.05, 3.63) is 64.1 Å². The van der Waals surface area contributed by atoms with Crippen molar-refractivity contribution in [3.63, 3.8) is 0 Å². The molecule has 0 aliphatic carbocycles. The SMILES string of the molecule is CCCCN(O)C(=O)Nc1cc(C2CCC(c3cc(OC)c(OC)c(OC)c3)S2)cc(OC)c1OCCSc1cccc(Br)c1. The van der Waals surface area contributed by atoms with Crippen LogP contribution >= 0.6 is 39.5 Å². The zero-order valence-corrected chi connectivity index (χ0v) is 29.5. The van der Waals surface area contributed by atoms with Gasteiger partial charge in [-0.1, -0.05) is 35.3 Å². The van der Waals surface area contributed by atoms with E-state index >= 15 is 0 Å². The van der Waals surface area contributed by atoms with Crippen molar-refractivity contribution in [2.24, 2.45) is 0 Å². The Labute approximate surface area is 282 Å². The average molecular weight is 722 g/mol. The lowest BCUT2D eigenvalue weighted by Crippen LogP contribution is -2.33. The average Bonchev–Trinajstić information content (AvgIpc) is 3.55. The number of hydroxylamine groups is 2. The molecule has 12 heteroatoms. The first-order valence-corrected chi connectivity index (χ1v) is 17.5. The number of urea groups is 1. The summed E-state index contributed by atoms with van der Waals surface area (Å²) in [6, 6.07) is 15.4. The van der Waals surface area contributed by atoms with Gasteiger partial charge >= 0.3 is 6.03 Å². The number of ether oxygens (including phenoxy) is 5. The molecule has 3 aromatic rings. The minimum absolute atomic E-state index is 0.130. The van der Waals surface area contributed by atoms with Gasteiger partial charge in [-0.2, -0.15) is 0 Å². The summed E-state index contributed by atoms with van der Waals surface area (Å²) in [6.45, 7) is 2.62. The van der Waals surface area contributed by atoms with Gasteiger partial charge in [0.2, 0.25) is 5.75 Å². The molecule has 0 bridgehead atoms. The van der Waals surface area contributed by atoms with Crippen LogP contribution in [0.2, 0.25) is 0 Å². The van der Waals surface area contributed by atoms with Crippen LogP contribution in [0.1, 0.15) is 54.2 Å². The van der Waals surface area contributed by atoms with Gasteiger partial charge in [0.15, 0.2) is 23.0 Å². The largest absolute Gasteiger partial charge is 0.493 e. The maximum absolute atomic E-state index is 13.0. The number of carbonyl (C=O) groups is 1. The summed E-state index contributed by atoms with van der Waals surface area (Å²) in [6.07, 6.45) is 3.38. The molecule has 1 aliphatic heterocycles. The number of unbranched alkanes of at least 4 members (excludes halogenated alkanes) is 1. The molecule has 2 N–H and O–H groups in total. The standard InChI is InChI=1S/C33H41BrN2O7S2/c1-6-7-13-36(38)33(37)35-25-16-21(17-26(39-2)31(25)43-14-15-44-24-10-8-9-23(34)20-24)29-11-12-30(45-29)22-18-27(40-3)32(42-5)28(19-22)41-4/h8-10,16-20,29-30,38H,6-7,11-15H2,1-5H3,(H,35,37). The Kier molecular flexibility index (Phi) is 13.3. The molecule has 1 saturated heterocycles. The number of hydrogen-bond donors (Lipinski definition) is 2. The number of methoxy groups -OCH3 is 4. The topological polar surface area (TPSA) is 98.7 Å². The molecule has 1 aliphatic rings. The minimum atomic E-state index is -0.620. The Morgan fingerprint density at radius 1 is 0.956 bits per heavy atom. The van der Waals surface area contributed by atoms with E-state index in [1.807, 2.05) is 61.2 Å². The molecule has 2 unspecified atom stereocenters. The van der Waals surface area contributed by atoms with Gasteiger partial charge in [-0.15, -0.1) is 23.5 Å². The molecule has 0 aromatic heterocycles. The van der Waals surface area contributed by atoms with Crippen LogP contribution in [-0.4, -0.2) is 63.6 Å². The lowest BCUT2D eigenvalue weighted by Gasteiger charge is -2.22. The Bertz CT molecular complexity index is 1420. The predicted octanol–water partition coefficient (Wildman–Crippen LogP) is 8.99. The molecule has 0 saturated carbocycles. The van der Waals surface area contributed by atoms with Gasteiger partial charge in [-0.05, 0) is 72.9 Å². The van der Waals surface area contributed by atoms with Crippen molar-refractivity contribution < 1.29 is 33.7 Å². The third kappa shape index (κ3) is 9.08. The maximum atomic E-state index is 13.0. The Balaban J connectivity index is 1.57. The second kappa shape index (κ2) is 17.1. The van der Waals surface area contributed by atoms with Crippen molar-refractivity contribution in [2.75, 3.05) is 52.7 Å². The number of nitrogens with zero attached hydrogens (tertiary/aromatic N) is 1. The normalized spacial score (nSPS) is 15.8. The first-order valence-electron chi connectivity index (χ1n) is 14.8. The quantitative estimate of drug-likeness (QED) is 0.0690. The molecular weight excluding hydrogens is 680 g/mol. The fraction of sp³-hybridized carbons (Fsp3) is 0.424. The Morgan fingerprint density at radius 2 is 1.58 bits per heavy atom. The lowest BCUT2D eigenvalue weighted by molar-refractivity contribution is -0.0379. The van der Waals surface area contributed by atoms with Crippen molar-refractivity contribution in [2.45, 2.75) is 48.0 Å². The number of carbonyl (C=O) groups excluding carboxylic acids is 1. The fourth-order valence-corrected chi connectivity index (χ4v) is 7.93. The number of anilines is 1. The van der Waals surface area contributed by atoms with E-state index in [9.17, 15) is 10.0 Å². The van der Waals surface area contributed by atoms with Crippen LogP contribution in [0.4, 0.5) is 10.5 Å². The van der Waals surface area contributed by atoms with Crippen LogP contribution in [0.15, 0.2) is 57.9 Å². The minimum Gasteiger partial charge on any atom is -0.493 e.